The van der Waals surface area contributed by atoms with Crippen LogP contribution in [0.1, 0.15) is 31.9 Å². The third kappa shape index (κ3) is 3.40. The summed E-state index contributed by atoms with van der Waals surface area (Å²) >= 11 is 6.01. The van der Waals surface area contributed by atoms with E-state index in [0.717, 1.165) is 17.9 Å². The molecule has 0 radical (unpaired) electrons. The van der Waals surface area contributed by atoms with Gasteiger partial charge in [-0.05, 0) is 42.0 Å². The Morgan fingerprint density at radius 3 is 2.31 bits per heavy atom. The summed E-state index contributed by atoms with van der Waals surface area (Å²) in [4.78, 5) is 0. The van der Waals surface area contributed by atoms with Gasteiger partial charge in [0, 0.05) is 5.02 Å². The Labute approximate surface area is 85.9 Å². The molecular formula is C12H17Cl. The molecule has 13 heavy (non-hydrogen) atoms. The van der Waals surface area contributed by atoms with Crippen LogP contribution in [-0.2, 0) is 12.8 Å². The van der Waals surface area contributed by atoms with Gasteiger partial charge in [0.1, 0.15) is 0 Å². The lowest BCUT2D eigenvalue weighted by atomic mass is 10.0. The molecule has 0 saturated heterocycles. The highest BCUT2D eigenvalue weighted by Gasteiger charge is 2.00. The van der Waals surface area contributed by atoms with Crippen LogP contribution in [0.4, 0.5) is 0 Å². The Bertz CT molecular complexity index is 276. The van der Waals surface area contributed by atoms with E-state index in [1.165, 1.54) is 11.1 Å². The lowest BCUT2D eigenvalue weighted by molar-refractivity contribution is 0.647. The lowest BCUT2D eigenvalue weighted by Crippen LogP contribution is -1.95. The molecule has 0 saturated carbocycles. The van der Waals surface area contributed by atoms with Crippen molar-refractivity contribution in [1.82, 2.24) is 0 Å². The van der Waals surface area contributed by atoms with Gasteiger partial charge in [-0.1, -0.05) is 38.4 Å². The van der Waals surface area contributed by atoms with Crippen molar-refractivity contribution in [3.05, 3.63) is 34.3 Å². The third-order valence-corrected chi connectivity index (χ3v) is 2.29. The average molecular weight is 197 g/mol. The monoisotopic (exact) mass is 196 g/mol. The van der Waals surface area contributed by atoms with E-state index in [4.69, 9.17) is 11.6 Å². The van der Waals surface area contributed by atoms with Crippen LogP contribution in [0.3, 0.4) is 0 Å². The molecule has 0 amide bonds. The molecular weight excluding hydrogens is 180 g/mol. The maximum Gasteiger partial charge on any atom is 0.0411 e. The van der Waals surface area contributed by atoms with Crippen LogP contribution in [-0.4, -0.2) is 0 Å². The van der Waals surface area contributed by atoms with Crippen LogP contribution >= 0.6 is 11.6 Å². The number of hydrogen-bond acceptors (Lipinski definition) is 0. The van der Waals surface area contributed by atoms with E-state index < -0.39 is 0 Å². The van der Waals surface area contributed by atoms with E-state index in [2.05, 4.69) is 32.9 Å². The van der Waals surface area contributed by atoms with E-state index in [-0.39, 0.29) is 0 Å². The van der Waals surface area contributed by atoms with Gasteiger partial charge in [-0.25, -0.2) is 0 Å². The first-order valence-corrected chi connectivity index (χ1v) is 5.28. The minimum Gasteiger partial charge on any atom is -0.0843 e. The number of rotatable bonds is 3. The molecule has 0 N–H and O–H groups in total. The molecule has 0 heterocycles. The Balaban J connectivity index is 2.88. The summed E-state index contributed by atoms with van der Waals surface area (Å²) in [7, 11) is 0. The Morgan fingerprint density at radius 2 is 1.77 bits per heavy atom. The van der Waals surface area contributed by atoms with Crippen LogP contribution in [0, 0.1) is 5.92 Å². The van der Waals surface area contributed by atoms with Crippen LogP contribution in [0.2, 0.25) is 5.02 Å². The highest BCUT2D eigenvalue weighted by molar-refractivity contribution is 6.30. The normalized spacial score (nSPS) is 10.8. The smallest absolute Gasteiger partial charge is 0.0411 e. The Hall–Kier alpha value is -0.490. The van der Waals surface area contributed by atoms with Crippen molar-refractivity contribution in [2.24, 2.45) is 5.92 Å². The van der Waals surface area contributed by atoms with Gasteiger partial charge in [0.25, 0.3) is 0 Å². The quantitative estimate of drug-likeness (QED) is 0.683. The zero-order chi connectivity index (χ0) is 9.84. The summed E-state index contributed by atoms with van der Waals surface area (Å²) in [5.41, 5.74) is 2.70. The fourth-order valence-corrected chi connectivity index (χ4v) is 1.79. The van der Waals surface area contributed by atoms with Crippen molar-refractivity contribution >= 4 is 11.6 Å². The minimum atomic E-state index is 0.697. The number of halogens is 1. The molecule has 0 atom stereocenters. The number of benzene rings is 1. The minimum absolute atomic E-state index is 0.697. The predicted molar refractivity (Wildman–Crippen MR) is 59.4 cm³/mol. The van der Waals surface area contributed by atoms with E-state index in [9.17, 15) is 0 Å². The second-order valence-electron chi connectivity index (χ2n) is 3.92. The molecule has 1 aromatic carbocycles. The van der Waals surface area contributed by atoms with Crippen LogP contribution in [0.15, 0.2) is 18.2 Å². The second kappa shape index (κ2) is 4.66. The largest absolute Gasteiger partial charge is 0.0843 e. The SMILES string of the molecule is CCc1cc(Cl)cc(CC(C)C)c1. The molecule has 0 aliphatic heterocycles. The van der Waals surface area contributed by atoms with Crippen molar-refractivity contribution in [2.45, 2.75) is 33.6 Å². The summed E-state index contributed by atoms with van der Waals surface area (Å²) in [5.74, 6) is 0.697. The fourth-order valence-electron chi connectivity index (χ4n) is 1.51. The van der Waals surface area contributed by atoms with Gasteiger partial charge in [0.15, 0.2) is 0 Å². The van der Waals surface area contributed by atoms with Crippen molar-refractivity contribution in [1.29, 1.82) is 0 Å². The van der Waals surface area contributed by atoms with Crippen molar-refractivity contribution in [3.8, 4) is 0 Å². The number of hydrogen-bond donors (Lipinski definition) is 0. The van der Waals surface area contributed by atoms with Gasteiger partial charge in [-0.3, -0.25) is 0 Å². The molecule has 0 fully saturated rings. The van der Waals surface area contributed by atoms with E-state index >= 15 is 0 Å². The third-order valence-electron chi connectivity index (χ3n) is 2.07. The summed E-state index contributed by atoms with van der Waals surface area (Å²) < 4.78 is 0. The molecule has 72 valence electrons. The van der Waals surface area contributed by atoms with Gasteiger partial charge in [0.05, 0.1) is 0 Å². The van der Waals surface area contributed by atoms with E-state index in [1.807, 2.05) is 6.07 Å². The molecule has 1 aromatic rings. The molecule has 0 nitrogen and oxygen atoms in total. The zero-order valence-corrected chi connectivity index (χ0v) is 9.36. The Kier molecular flexibility index (Phi) is 3.80. The number of aryl methyl sites for hydroxylation is 1. The molecule has 0 spiro atoms. The standard InChI is InChI=1S/C12H17Cl/c1-4-10-6-11(5-9(2)3)8-12(13)7-10/h6-9H,4-5H2,1-3H3. The molecule has 1 heteroatoms. The van der Waals surface area contributed by atoms with Crippen molar-refractivity contribution < 1.29 is 0 Å². The highest BCUT2D eigenvalue weighted by atomic mass is 35.5. The van der Waals surface area contributed by atoms with Crippen LogP contribution in [0.5, 0.6) is 0 Å². The molecule has 1 rings (SSSR count). The van der Waals surface area contributed by atoms with Crippen molar-refractivity contribution in [2.75, 3.05) is 0 Å². The Morgan fingerprint density at radius 1 is 1.15 bits per heavy atom. The lowest BCUT2D eigenvalue weighted by Gasteiger charge is -2.07. The van der Waals surface area contributed by atoms with Crippen molar-refractivity contribution in [3.63, 3.8) is 0 Å². The molecule has 0 bridgehead atoms. The van der Waals surface area contributed by atoms with Gasteiger partial charge in [-0.15, -0.1) is 0 Å². The average Bonchev–Trinajstić information content (AvgIpc) is 2.01. The zero-order valence-electron chi connectivity index (χ0n) is 8.60. The molecule has 0 aromatic heterocycles. The topological polar surface area (TPSA) is 0 Å². The maximum atomic E-state index is 6.01. The summed E-state index contributed by atoms with van der Waals surface area (Å²) in [6, 6.07) is 6.37. The first-order valence-electron chi connectivity index (χ1n) is 4.90. The van der Waals surface area contributed by atoms with Crippen LogP contribution < -0.4 is 0 Å². The van der Waals surface area contributed by atoms with Crippen LogP contribution in [0.25, 0.3) is 0 Å². The molecule has 0 aliphatic rings. The van der Waals surface area contributed by atoms with E-state index in [1.54, 1.807) is 0 Å². The van der Waals surface area contributed by atoms with Gasteiger partial charge in [0.2, 0.25) is 0 Å². The first kappa shape index (κ1) is 10.6. The second-order valence-corrected chi connectivity index (χ2v) is 4.36. The van der Waals surface area contributed by atoms with Gasteiger partial charge in [-0.2, -0.15) is 0 Å². The van der Waals surface area contributed by atoms with Gasteiger partial charge < -0.3 is 0 Å². The predicted octanol–water partition coefficient (Wildman–Crippen LogP) is 4.10. The molecule has 0 aliphatic carbocycles. The van der Waals surface area contributed by atoms with E-state index in [0.29, 0.717) is 5.92 Å². The summed E-state index contributed by atoms with van der Waals surface area (Å²) in [6.45, 7) is 6.61. The summed E-state index contributed by atoms with van der Waals surface area (Å²) in [5, 5.41) is 0.870. The molecule has 0 unspecified atom stereocenters. The maximum absolute atomic E-state index is 6.01. The fraction of sp³-hybridized carbons (Fsp3) is 0.500. The van der Waals surface area contributed by atoms with Gasteiger partial charge >= 0.3 is 0 Å². The summed E-state index contributed by atoms with van der Waals surface area (Å²) in [6.07, 6.45) is 2.18. The first-order chi connectivity index (χ1) is 6.11. The highest BCUT2D eigenvalue weighted by Crippen LogP contribution is 2.18.